The van der Waals surface area contributed by atoms with Crippen LogP contribution in [-0.4, -0.2) is 42.4 Å². The number of aromatic nitrogens is 2. The summed E-state index contributed by atoms with van der Waals surface area (Å²) in [5.41, 5.74) is 5.32. The lowest BCUT2D eigenvalue weighted by Gasteiger charge is -2.19. The summed E-state index contributed by atoms with van der Waals surface area (Å²) in [7, 11) is 3.07. The van der Waals surface area contributed by atoms with E-state index in [-0.39, 0.29) is 5.82 Å². The number of hydrogen-bond acceptors (Lipinski definition) is 7. The van der Waals surface area contributed by atoms with E-state index in [0.29, 0.717) is 51.3 Å². The summed E-state index contributed by atoms with van der Waals surface area (Å²) in [5, 5.41) is 3.38. The summed E-state index contributed by atoms with van der Waals surface area (Å²) < 4.78 is 30.5. The number of halogens is 2. The molecule has 0 aliphatic heterocycles. The average Bonchev–Trinajstić information content (AvgIpc) is 2.85. The van der Waals surface area contributed by atoms with E-state index in [1.165, 1.54) is 31.6 Å². The van der Waals surface area contributed by atoms with Crippen LogP contribution >= 0.6 is 15.9 Å². The van der Waals surface area contributed by atoms with E-state index < -0.39 is 11.7 Å². The molecule has 0 saturated heterocycles. The maximum absolute atomic E-state index is 13.4. The van der Waals surface area contributed by atoms with Crippen LogP contribution in [0.25, 0.3) is 10.9 Å². The smallest absolute Gasteiger partial charge is 0.407 e. The van der Waals surface area contributed by atoms with Crippen LogP contribution in [0.1, 0.15) is 45.6 Å². The highest BCUT2D eigenvalue weighted by Gasteiger charge is 2.15. The van der Waals surface area contributed by atoms with Crippen LogP contribution in [0.15, 0.2) is 41.1 Å². The molecule has 0 aliphatic rings. The molecule has 37 heavy (non-hydrogen) atoms. The maximum atomic E-state index is 13.4. The zero-order valence-corrected chi connectivity index (χ0v) is 23.2. The molecule has 198 valence electrons. The Hall–Kier alpha value is -3.42. The fraction of sp³-hybridized carbons (Fsp3) is 0.370. The molecule has 0 fully saturated rings. The van der Waals surface area contributed by atoms with Crippen molar-refractivity contribution < 1.29 is 23.4 Å². The van der Waals surface area contributed by atoms with Crippen molar-refractivity contribution >= 4 is 32.9 Å². The summed E-state index contributed by atoms with van der Waals surface area (Å²) >= 11 is 3.30. The molecule has 3 N–H and O–H groups in total. The Morgan fingerprint density at radius 1 is 1.14 bits per heavy atom. The van der Waals surface area contributed by atoms with Crippen molar-refractivity contribution in [3.05, 3.63) is 52.5 Å². The molecule has 1 amide bonds. The van der Waals surface area contributed by atoms with Crippen molar-refractivity contribution in [2.75, 3.05) is 20.7 Å². The average molecular weight is 575 g/mol. The van der Waals surface area contributed by atoms with Gasteiger partial charge in [0.05, 0.1) is 28.0 Å². The molecule has 0 bridgehead atoms. The Labute approximate surface area is 225 Å². The lowest BCUT2D eigenvalue weighted by atomic mass is 10.1. The van der Waals surface area contributed by atoms with Gasteiger partial charge in [-0.1, -0.05) is 11.8 Å². The Morgan fingerprint density at radius 3 is 2.57 bits per heavy atom. The second kappa shape index (κ2) is 14.4. The molecule has 1 heterocycles. The predicted molar refractivity (Wildman–Crippen MR) is 145 cm³/mol. The van der Waals surface area contributed by atoms with Gasteiger partial charge in [0.15, 0.2) is 0 Å². The van der Waals surface area contributed by atoms with Gasteiger partial charge in [0.1, 0.15) is 29.2 Å². The molecule has 3 rings (SSSR count). The number of alkyl carbamates (subject to hydrolysis) is 1. The topological polar surface area (TPSA) is 109 Å². The number of amides is 1. The summed E-state index contributed by atoms with van der Waals surface area (Å²) in [6.07, 6.45) is 3.26. The number of carbonyl (C=O) groups excluding carboxylic acids is 1. The first-order chi connectivity index (χ1) is 17.7. The van der Waals surface area contributed by atoms with E-state index in [0.717, 1.165) is 12.8 Å². The number of nitrogens with two attached hydrogens (primary N) is 1. The third-order valence-electron chi connectivity index (χ3n) is 4.64. The van der Waals surface area contributed by atoms with Crippen LogP contribution in [0, 0.1) is 17.7 Å². The highest BCUT2D eigenvalue weighted by molar-refractivity contribution is 9.10. The van der Waals surface area contributed by atoms with Gasteiger partial charge < -0.3 is 25.3 Å². The normalized spacial score (nSPS) is 10.5. The lowest BCUT2D eigenvalue weighted by molar-refractivity contribution is 0.0527. The monoisotopic (exact) mass is 574 g/mol. The number of hydrogen-bond donors (Lipinski definition) is 2. The van der Waals surface area contributed by atoms with E-state index in [1.54, 1.807) is 13.2 Å². The van der Waals surface area contributed by atoms with Crippen LogP contribution in [0.5, 0.6) is 17.4 Å². The SMILES string of the molecule is CN.COc1cc2c(Oc3ccc(F)cc3Br)ncnc2cc1C#CCCCCNC(=O)OC(C)(C)C. The van der Waals surface area contributed by atoms with E-state index in [9.17, 15) is 9.18 Å². The van der Waals surface area contributed by atoms with Gasteiger partial charge in [-0.3, -0.25) is 0 Å². The van der Waals surface area contributed by atoms with Gasteiger partial charge in [0, 0.05) is 13.0 Å². The maximum Gasteiger partial charge on any atom is 0.407 e. The van der Waals surface area contributed by atoms with Gasteiger partial charge in [0.2, 0.25) is 5.88 Å². The van der Waals surface area contributed by atoms with Gasteiger partial charge in [-0.2, -0.15) is 0 Å². The van der Waals surface area contributed by atoms with Gasteiger partial charge in [-0.25, -0.2) is 19.2 Å². The molecular weight excluding hydrogens is 543 g/mol. The molecule has 0 saturated carbocycles. The molecule has 0 unspecified atom stereocenters. The van der Waals surface area contributed by atoms with Gasteiger partial charge in [0.25, 0.3) is 0 Å². The van der Waals surface area contributed by atoms with Crippen LogP contribution < -0.4 is 20.5 Å². The summed E-state index contributed by atoms with van der Waals surface area (Å²) in [6, 6.07) is 7.75. The summed E-state index contributed by atoms with van der Waals surface area (Å²) in [6.45, 7) is 6.01. The number of unbranched alkanes of at least 4 members (excludes halogenated alkanes) is 2. The molecule has 0 spiro atoms. The van der Waals surface area contributed by atoms with E-state index in [4.69, 9.17) is 14.2 Å². The number of ether oxygens (including phenoxy) is 3. The first kappa shape index (κ1) is 29.8. The number of methoxy groups -OCH3 is 1. The van der Waals surface area contributed by atoms with Gasteiger partial charge in [-0.05, 0) is 86.9 Å². The molecule has 0 aliphatic carbocycles. The Morgan fingerprint density at radius 2 is 1.89 bits per heavy atom. The molecular formula is C27H32BrFN4O4. The number of nitrogens with zero attached hydrogens (tertiary/aromatic N) is 2. The minimum atomic E-state index is -0.510. The van der Waals surface area contributed by atoms with Crippen LogP contribution in [0.4, 0.5) is 9.18 Å². The minimum absolute atomic E-state index is 0.317. The highest BCUT2D eigenvalue weighted by atomic mass is 79.9. The minimum Gasteiger partial charge on any atom is -0.495 e. The fourth-order valence-electron chi connectivity index (χ4n) is 3.07. The van der Waals surface area contributed by atoms with Crippen molar-refractivity contribution in [2.45, 2.75) is 45.6 Å². The van der Waals surface area contributed by atoms with E-state index in [1.807, 2.05) is 26.8 Å². The summed E-state index contributed by atoms with van der Waals surface area (Å²) in [4.78, 5) is 20.2. The first-order valence-corrected chi connectivity index (χ1v) is 12.4. The zero-order chi connectivity index (χ0) is 27.4. The van der Waals surface area contributed by atoms with Crippen molar-refractivity contribution in [1.29, 1.82) is 0 Å². The second-order valence-corrected chi connectivity index (χ2v) is 9.47. The summed E-state index contributed by atoms with van der Waals surface area (Å²) in [5.74, 6) is 7.21. The molecule has 0 atom stereocenters. The predicted octanol–water partition coefficient (Wildman–Crippen LogP) is 5.95. The standard InChI is InChI=1S/C26H27BrFN3O4.CH5N/c1-26(2,3)35-25(32)29-12-8-6-5-7-9-17-13-21-19(15-23(17)33-4)24(31-16-30-21)34-22-11-10-18(28)14-20(22)27;1-2/h10-11,13-16H,5-6,8,12H2,1-4H3,(H,29,32);2H2,1H3. The zero-order valence-electron chi connectivity index (χ0n) is 21.7. The number of rotatable bonds is 7. The van der Waals surface area contributed by atoms with Crippen molar-refractivity contribution in [1.82, 2.24) is 15.3 Å². The van der Waals surface area contributed by atoms with Gasteiger partial charge in [-0.15, -0.1) is 0 Å². The first-order valence-electron chi connectivity index (χ1n) is 11.7. The van der Waals surface area contributed by atoms with Gasteiger partial charge >= 0.3 is 6.09 Å². The third kappa shape index (κ3) is 9.52. The molecule has 2 aromatic carbocycles. The Kier molecular flexibility index (Phi) is 11.6. The highest BCUT2D eigenvalue weighted by Crippen LogP contribution is 2.34. The Balaban J connectivity index is 0.00000235. The molecule has 8 nitrogen and oxygen atoms in total. The molecule has 1 aromatic heterocycles. The van der Waals surface area contributed by atoms with Crippen LogP contribution in [0.2, 0.25) is 0 Å². The lowest BCUT2D eigenvalue weighted by Crippen LogP contribution is -2.32. The van der Waals surface area contributed by atoms with E-state index >= 15 is 0 Å². The number of fused-ring (bicyclic) bond motifs is 1. The number of nitrogens with one attached hydrogen (secondary N) is 1. The molecule has 3 aromatic rings. The van der Waals surface area contributed by atoms with Crippen LogP contribution in [-0.2, 0) is 4.74 Å². The molecule has 10 heteroatoms. The van der Waals surface area contributed by atoms with Crippen molar-refractivity contribution in [3.63, 3.8) is 0 Å². The van der Waals surface area contributed by atoms with Crippen molar-refractivity contribution in [3.8, 4) is 29.2 Å². The Bertz CT molecular complexity index is 1270. The fourth-order valence-corrected chi connectivity index (χ4v) is 3.50. The third-order valence-corrected chi connectivity index (χ3v) is 5.26. The largest absolute Gasteiger partial charge is 0.495 e. The van der Waals surface area contributed by atoms with Crippen molar-refractivity contribution in [2.24, 2.45) is 5.73 Å². The number of benzene rings is 2. The quantitative estimate of drug-likeness (QED) is 0.265. The second-order valence-electron chi connectivity index (χ2n) is 8.61. The molecule has 0 radical (unpaired) electrons. The number of carbonyl (C=O) groups is 1. The van der Waals surface area contributed by atoms with Crippen LogP contribution in [0.3, 0.4) is 0 Å². The van der Waals surface area contributed by atoms with E-state index in [2.05, 4.69) is 48.8 Å².